The van der Waals surface area contributed by atoms with Gasteiger partial charge in [-0.2, -0.15) is 13.2 Å². The molecule has 1 saturated heterocycles. The molecular formula is C17H19ClF3NO3. The zero-order valence-corrected chi connectivity index (χ0v) is 14.3. The number of hydrogen-bond acceptors (Lipinski definition) is 3. The Kier molecular flexibility index (Phi) is 5.01. The molecule has 0 bridgehead atoms. The minimum Gasteiger partial charge on any atom is -0.348 e. The maximum absolute atomic E-state index is 12.6. The molecule has 1 aliphatic heterocycles. The summed E-state index contributed by atoms with van der Waals surface area (Å²) < 4.78 is 49.1. The van der Waals surface area contributed by atoms with Crippen molar-refractivity contribution in [1.29, 1.82) is 0 Å². The van der Waals surface area contributed by atoms with Crippen LogP contribution in [0.3, 0.4) is 0 Å². The molecule has 1 saturated carbocycles. The van der Waals surface area contributed by atoms with Gasteiger partial charge in [-0.1, -0.05) is 23.7 Å². The van der Waals surface area contributed by atoms with Gasteiger partial charge < -0.3 is 14.8 Å². The second-order valence-corrected chi connectivity index (χ2v) is 7.02. The molecule has 1 aromatic rings. The van der Waals surface area contributed by atoms with Gasteiger partial charge in [-0.15, -0.1) is 0 Å². The van der Waals surface area contributed by atoms with Crippen LogP contribution in [0, 0.1) is 0 Å². The highest BCUT2D eigenvalue weighted by Crippen LogP contribution is 2.46. The number of benzene rings is 1. The molecule has 1 aliphatic carbocycles. The van der Waals surface area contributed by atoms with E-state index >= 15 is 0 Å². The van der Waals surface area contributed by atoms with Crippen molar-refractivity contribution in [3.63, 3.8) is 0 Å². The summed E-state index contributed by atoms with van der Waals surface area (Å²) in [7, 11) is 0. The standard InChI is InChI=1S/C17H19ClF3NO3/c18-13-3-1-2-12(10-13)15(11-22-14(23)17(19,20)21)4-6-16(7-5-15)24-8-9-25-16/h1-3,10H,4-9,11H2,(H,22,23). The molecule has 138 valence electrons. The number of halogens is 4. The first-order valence-electron chi connectivity index (χ1n) is 8.14. The van der Waals surface area contributed by atoms with E-state index in [0.29, 0.717) is 43.9 Å². The Morgan fingerprint density at radius 3 is 2.36 bits per heavy atom. The Hall–Kier alpha value is -1.31. The Bertz CT molecular complexity index is 634. The van der Waals surface area contributed by atoms with Gasteiger partial charge in [0.05, 0.1) is 13.2 Å². The molecule has 0 atom stereocenters. The number of nitrogens with one attached hydrogen (secondary N) is 1. The molecule has 1 N–H and O–H groups in total. The first-order chi connectivity index (χ1) is 11.7. The van der Waals surface area contributed by atoms with E-state index < -0.39 is 23.3 Å². The number of ether oxygens (including phenoxy) is 2. The molecule has 0 unspecified atom stereocenters. The van der Waals surface area contributed by atoms with Gasteiger partial charge in [0.25, 0.3) is 0 Å². The normalized spacial score (nSPS) is 22.1. The number of rotatable bonds is 3. The summed E-state index contributed by atoms with van der Waals surface area (Å²) in [6.45, 7) is 0.936. The SMILES string of the molecule is O=C(NCC1(c2cccc(Cl)c2)CCC2(CC1)OCCO2)C(F)(F)F. The number of carbonyl (C=O) groups is 1. The van der Waals surface area contributed by atoms with Crippen molar-refractivity contribution in [2.45, 2.75) is 43.1 Å². The Morgan fingerprint density at radius 2 is 1.80 bits per heavy atom. The molecule has 0 radical (unpaired) electrons. The van der Waals surface area contributed by atoms with Gasteiger partial charge in [0.15, 0.2) is 5.79 Å². The van der Waals surface area contributed by atoms with Crippen LogP contribution in [0.4, 0.5) is 13.2 Å². The van der Waals surface area contributed by atoms with Crippen molar-refractivity contribution in [3.05, 3.63) is 34.9 Å². The Balaban J connectivity index is 1.81. The zero-order valence-electron chi connectivity index (χ0n) is 13.5. The largest absolute Gasteiger partial charge is 0.471 e. The molecule has 1 spiro atoms. The molecule has 3 rings (SSSR count). The van der Waals surface area contributed by atoms with E-state index in [1.54, 1.807) is 18.2 Å². The second-order valence-electron chi connectivity index (χ2n) is 6.58. The summed E-state index contributed by atoms with van der Waals surface area (Å²) >= 11 is 6.07. The van der Waals surface area contributed by atoms with Gasteiger partial charge in [0.2, 0.25) is 0 Å². The lowest BCUT2D eigenvalue weighted by Gasteiger charge is -2.44. The average Bonchev–Trinajstić information content (AvgIpc) is 3.02. The predicted molar refractivity (Wildman–Crippen MR) is 85.3 cm³/mol. The van der Waals surface area contributed by atoms with Gasteiger partial charge in [-0.05, 0) is 30.5 Å². The van der Waals surface area contributed by atoms with Crippen LogP contribution in [0.15, 0.2) is 24.3 Å². The maximum Gasteiger partial charge on any atom is 0.471 e. The zero-order chi connectivity index (χ0) is 18.1. The van der Waals surface area contributed by atoms with E-state index in [4.69, 9.17) is 21.1 Å². The number of amides is 1. The highest BCUT2D eigenvalue weighted by Gasteiger charge is 2.48. The molecule has 25 heavy (non-hydrogen) atoms. The van der Waals surface area contributed by atoms with Crippen LogP contribution in [-0.2, 0) is 19.7 Å². The van der Waals surface area contributed by atoms with Crippen molar-refractivity contribution >= 4 is 17.5 Å². The molecule has 1 heterocycles. The first-order valence-corrected chi connectivity index (χ1v) is 8.52. The molecule has 2 fully saturated rings. The smallest absolute Gasteiger partial charge is 0.348 e. The molecule has 4 nitrogen and oxygen atoms in total. The fraction of sp³-hybridized carbons (Fsp3) is 0.588. The van der Waals surface area contributed by atoms with Crippen LogP contribution < -0.4 is 5.32 Å². The Morgan fingerprint density at radius 1 is 1.16 bits per heavy atom. The lowest BCUT2D eigenvalue weighted by atomic mass is 9.67. The molecule has 0 aromatic heterocycles. The topological polar surface area (TPSA) is 47.6 Å². The van der Waals surface area contributed by atoms with E-state index in [9.17, 15) is 18.0 Å². The second kappa shape index (κ2) is 6.78. The summed E-state index contributed by atoms with van der Waals surface area (Å²) in [6.07, 6.45) is -2.72. The van der Waals surface area contributed by atoms with Crippen LogP contribution in [0.5, 0.6) is 0 Å². The van der Waals surface area contributed by atoms with E-state index in [1.807, 2.05) is 11.4 Å². The van der Waals surface area contributed by atoms with Crippen LogP contribution >= 0.6 is 11.6 Å². The van der Waals surface area contributed by atoms with Gasteiger partial charge in [-0.25, -0.2) is 0 Å². The number of alkyl halides is 3. The quantitative estimate of drug-likeness (QED) is 0.876. The third-order valence-electron chi connectivity index (χ3n) is 5.06. The number of carbonyl (C=O) groups excluding carboxylic acids is 1. The van der Waals surface area contributed by atoms with Crippen molar-refractivity contribution in [2.75, 3.05) is 19.8 Å². The molecular weight excluding hydrogens is 359 g/mol. The maximum atomic E-state index is 12.6. The highest BCUT2D eigenvalue weighted by molar-refractivity contribution is 6.30. The van der Waals surface area contributed by atoms with Crippen molar-refractivity contribution in [2.24, 2.45) is 0 Å². The molecule has 2 aliphatic rings. The van der Waals surface area contributed by atoms with E-state index in [2.05, 4.69) is 0 Å². The van der Waals surface area contributed by atoms with Gasteiger partial charge in [0, 0.05) is 29.8 Å². The summed E-state index contributed by atoms with van der Waals surface area (Å²) in [6, 6.07) is 7.05. The van der Waals surface area contributed by atoms with Crippen LogP contribution in [0.2, 0.25) is 5.02 Å². The predicted octanol–water partition coefficient (Wildman–Crippen LogP) is 3.57. The van der Waals surface area contributed by atoms with Gasteiger partial charge >= 0.3 is 12.1 Å². The van der Waals surface area contributed by atoms with E-state index in [-0.39, 0.29) is 6.54 Å². The first kappa shape index (κ1) is 18.5. The summed E-state index contributed by atoms with van der Waals surface area (Å²) in [5, 5.41) is 2.55. The molecule has 1 amide bonds. The summed E-state index contributed by atoms with van der Waals surface area (Å²) in [5.41, 5.74) is 0.183. The fourth-order valence-electron chi connectivity index (χ4n) is 3.63. The van der Waals surface area contributed by atoms with E-state index in [1.165, 1.54) is 0 Å². The van der Waals surface area contributed by atoms with Crippen LogP contribution in [0.25, 0.3) is 0 Å². The molecule has 8 heteroatoms. The van der Waals surface area contributed by atoms with Gasteiger partial charge in [-0.3, -0.25) is 4.79 Å². The lowest BCUT2D eigenvalue weighted by molar-refractivity contribution is -0.186. The lowest BCUT2D eigenvalue weighted by Crippen LogP contribution is -2.50. The van der Waals surface area contributed by atoms with Gasteiger partial charge in [0.1, 0.15) is 0 Å². The van der Waals surface area contributed by atoms with Crippen LogP contribution in [0.1, 0.15) is 31.2 Å². The molecule has 1 aromatic carbocycles. The van der Waals surface area contributed by atoms with Crippen molar-refractivity contribution in [3.8, 4) is 0 Å². The third kappa shape index (κ3) is 3.93. The number of hydrogen-bond donors (Lipinski definition) is 1. The van der Waals surface area contributed by atoms with Crippen molar-refractivity contribution in [1.82, 2.24) is 5.32 Å². The summed E-state index contributed by atoms with van der Waals surface area (Å²) in [4.78, 5) is 11.3. The fourth-order valence-corrected chi connectivity index (χ4v) is 3.82. The van der Waals surface area contributed by atoms with Crippen LogP contribution in [-0.4, -0.2) is 37.6 Å². The third-order valence-corrected chi connectivity index (χ3v) is 5.30. The van der Waals surface area contributed by atoms with E-state index in [0.717, 1.165) is 5.56 Å². The minimum absolute atomic E-state index is 0.109. The monoisotopic (exact) mass is 377 g/mol. The average molecular weight is 378 g/mol. The highest BCUT2D eigenvalue weighted by atomic mass is 35.5. The Labute approximate surface area is 148 Å². The summed E-state index contributed by atoms with van der Waals surface area (Å²) in [5.74, 6) is -2.57. The minimum atomic E-state index is -4.90. The van der Waals surface area contributed by atoms with Crippen molar-refractivity contribution < 1.29 is 27.4 Å².